The third-order valence-electron chi connectivity index (χ3n) is 3.89. The summed E-state index contributed by atoms with van der Waals surface area (Å²) in [6.07, 6.45) is -4.43. The fourth-order valence-corrected chi connectivity index (χ4v) is 2.34. The maximum absolute atomic E-state index is 12.1. The Balaban J connectivity index is 1.80. The number of nitro benzene ring substituents is 1. The third kappa shape index (κ3) is 7.08. The van der Waals surface area contributed by atoms with Crippen molar-refractivity contribution in [1.82, 2.24) is 10.6 Å². The average Bonchev–Trinajstić information content (AvgIpc) is 2.69. The number of amides is 2. The molecule has 0 heterocycles. The van der Waals surface area contributed by atoms with Crippen molar-refractivity contribution >= 4 is 17.5 Å². The molecule has 0 unspecified atom stereocenters. The van der Waals surface area contributed by atoms with Crippen LogP contribution in [0.1, 0.15) is 21.5 Å². The highest BCUT2D eigenvalue weighted by Gasteiger charge is 2.28. The second kappa shape index (κ2) is 9.72. The van der Waals surface area contributed by atoms with Crippen molar-refractivity contribution in [1.29, 1.82) is 0 Å². The van der Waals surface area contributed by atoms with Crippen LogP contribution in [-0.2, 0) is 11.3 Å². The van der Waals surface area contributed by atoms with Crippen molar-refractivity contribution in [3.05, 3.63) is 69.3 Å². The molecule has 2 N–H and O–H groups in total. The van der Waals surface area contributed by atoms with E-state index in [1.807, 2.05) is 0 Å². The number of carbonyl (C=O) groups excluding carboxylic acids is 2. The van der Waals surface area contributed by atoms with Gasteiger partial charge < -0.3 is 15.4 Å². The number of benzene rings is 2. The van der Waals surface area contributed by atoms with Gasteiger partial charge in [0.15, 0.2) is 6.61 Å². The molecule has 0 saturated carbocycles. The van der Waals surface area contributed by atoms with E-state index in [0.29, 0.717) is 11.1 Å². The van der Waals surface area contributed by atoms with E-state index in [9.17, 15) is 32.9 Å². The first-order valence-corrected chi connectivity index (χ1v) is 8.63. The lowest BCUT2D eigenvalue weighted by Gasteiger charge is -2.10. The highest BCUT2D eigenvalue weighted by molar-refractivity contribution is 5.97. The Bertz CT molecular complexity index is 930. The summed E-state index contributed by atoms with van der Waals surface area (Å²) in [7, 11) is 0. The van der Waals surface area contributed by atoms with Crippen molar-refractivity contribution in [2.75, 3.05) is 13.2 Å². The molecule has 0 aliphatic carbocycles. The molecule has 2 aromatic carbocycles. The van der Waals surface area contributed by atoms with Crippen molar-refractivity contribution in [3.63, 3.8) is 0 Å². The zero-order chi connectivity index (χ0) is 22.3. The highest BCUT2D eigenvalue weighted by atomic mass is 19.4. The zero-order valence-electron chi connectivity index (χ0n) is 15.8. The Morgan fingerprint density at radius 2 is 1.77 bits per heavy atom. The molecule has 2 aromatic rings. The van der Waals surface area contributed by atoms with E-state index in [0.717, 1.165) is 6.07 Å². The molecular formula is C19H18F3N3O5. The van der Waals surface area contributed by atoms with Gasteiger partial charge in [-0.1, -0.05) is 18.2 Å². The van der Waals surface area contributed by atoms with Gasteiger partial charge in [-0.3, -0.25) is 19.7 Å². The van der Waals surface area contributed by atoms with Gasteiger partial charge in [-0.15, -0.1) is 0 Å². The lowest BCUT2D eigenvalue weighted by molar-refractivity contribution is -0.385. The van der Waals surface area contributed by atoms with Gasteiger partial charge in [-0.25, -0.2) is 0 Å². The molecule has 0 saturated heterocycles. The van der Waals surface area contributed by atoms with Crippen LogP contribution in [0.3, 0.4) is 0 Å². The van der Waals surface area contributed by atoms with Gasteiger partial charge in [0, 0.05) is 23.7 Å². The number of halogens is 3. The van der Waals surface area contributed by atoms with Crippen LogP contribution in [-0.4, -0.2) is 36.1 Å². The van der Waals surface area contributed by atoms with E-state index in [1.165, 1.54) is 36.4 Å². The minimum Gasteiger partial charge on any atom is -0.484 e. The molecule has 0 fully saturated rings. The van der Waals surface area contributed by atoms with Crippen LogP contribution >= 0.6 is 0 Å². The Morgan fingerprint density at radius 1 is 1.10 bits per heavy atom. The van der Waals surface area contributed by atoms with Crippen LogP contribution in [0.15, 0.2) is 42.5 Å². The molecule has 30 heavy (non-hydrogen) atoms. The normalized spacial score (nSPS) is 10.9. The summed E-state index contributed by atoms with van der Waals surface area (Å²) in [5.41, 5.74) is 0.872. The molecule has 8 nitrogen and oxygen atoms in total. The molecule has 0 aromatic heterocycles. The number of carbonyl (C=O) groups is 2. The van der Waals surface area contributed by atoms with Crippen molar-refractivity contribution in [2.24, 2.45) is 0 Å². The van der Waals surface area contributed by atoms with Crippen LogP contribution in [0.25, 0.3) is 0 Å². The minimum atomic E-state index is -4.43. The Labute approximate surface area is 169 Å². The number of hydrogen-bond donors (Lipinski definition) is 2. The van der Waals surface area contributed by atoms with Crippen molar-refractivity contribution in [2.45, 2.75) is 19.6 Å². The molecule has 2 amide bonds. The van der Waals surface area contributed by atoms with Crippen LogP contribution in [0.5, 0.6) is 5.75 Å². The number of nitro groups is 1. The maximum atomic E-state index is 12.1. The molecule has 0 bridgehead atoms. The summed E-state index contributed by atoms with van der Waals surface area (Å²) >= 11 is 0. The summed E-state index contributed by atoms with van der Waals surface area (Å²) in [6.45, 7) is -0.118. The van der Waals surface area contributed by atoms with E-state index in [-0.39, 0.29) is 30.1 Å². The topological polar surface area (TPSA) is 111 Å². The van der Waals surface area contributed by atoms with Crippen LogP contribution < -0.4 is 15.4 Å². The molecule has 0 radical (unpaired) electrons. The number of nitrogens with zero attached hydrogens (tertiary/aromatic N) is 1. The van der Waals surface area contributed by atoms with E-state index < -0.39 is 29.5 Å². The molecule has 0 atom stereocenters. The maximum Gasteiger partial charge on any atom is 0.422 e. The smallest absolute Gasteiger partial charge is 0.422 e. The van der Waals surface area contributed by atoms with Gasteiger partial charge in [-0.05, 0) is 30.7 Å². The largest absolute Gasteiger partial charge is 0.484 e. The first-order chi connectivity index (χ1) is 14.0. The van der Waals surface area contributed by atoms with Crippen LogP contribution in [0.2, 0.25) is 0 Å². The monoisotopic (exact) mass is 425 g/mol. The first-order valence-electron chi connectivity index (χ1n) is 8.63. The number of nitrogens with one attached hydrogen (secondary N) is 2. The van der Waals surface area contributed by atoms with Crippen LogP contribution in [0, 0.1) is 17.0 Å². The van der Waals surface area contributed by atoms with E-state index in [1.54, 1.807) is 6.92 Å². The minimum absolute atomic E-state index is 0.0434. The number of aryl methyl sites for hydroxylation is 1. The third-order valence-corrected chi connectivity index (χ3v) is 3.89. The lowest BCUT2D eigenvalue weighted by Crippen LogP contribution is -2.36. The SMILES string of the molecule is Cc1ccc(C(=O)NCC(=O)NCc2ccc(OCC(F)(F)F)cc2)cc1[N+](=O)[O-]. The predicted octanol–water partition coefficient (Wildman–Crippen LogP) is 2.89. The quantitative estimate of drug-likeness (QED) is 0.499. The molecule has 160 valence electrons. The molecule has 0 aliphatic heterocycles. The highest BCUT2D eigenvalue weighted by Crippen LogP contribution is 2.20. The van der Waals surface area contributed by atoms with Gasteiger partial charge in [0.2, 0.25) is 5.91 Å². The first kappa shape index (κ1) is 22.7. The average molecular weight is 425 g/mol. The lowest BCUT2D eigenvalue weighted by atomic mass is 10.1. The number of rotatable bonds is 8. The zero-order valence-corrected chi connectivity index (χ0v) is 15.8. The Morgan fingerprint density at radius 3 is 2.37 bits per heavy atom. The van der Waals surface area contributed by atoms with Gasteiger partial charge >= 0.3 is 6.18 Å². The summed E-state index contributed by atoms with van der Waals surface area (Å²) in [4.78, 5) is 34.3. The number of hydrogen-bond acceptors (Lipinski definition) is 5. The fourth-order valence-electron chi connectivity index (χ4n) is 2.34. The number of alkyl halides is 3. The van der Waals surface area contributed by atoms with E-state index in [4.69, 9.17) is 0 Å². The standard InChI is InChI=1S/C19H18F3N3O5/c1-12-2-5-14(8-16(12)25(28)29)18(27)24-10-17(26)23-9-13-3-6-15(7-4-13)30-11-19(20,21)22/h2-8H,9-11H2,1H3,(H,23,26)(H,24,27). The van der Waals surface area contributed by atoms with Gasteiger partial charge in [0.05, 0.1) is 11.5 Å². The molecule has 11 heteroatoms. The second-order valence-electron chi connectivity index (χ2n) is 6.27. The summed E-state index contributed by atoms with van der Waals surface area (Å²) < 4.78 is 40.9. The van der Waals surface area contributed by atoms with Gasteiger partial charge in [0.25, 0.3) is 11.6 Å². The molecule has 2 rings (SSSR count). The summed E-state index contributed by atoms with van der Waals surface area (Å²) in [5, 5.41) is 15.8. The molecule has 0 aliphatic rings. The second-order valence-corrected chi connectivity index (χ2v) is 6.27. The van der Waals surface area contributed by atoms with E-state index >= 15 is 0 Å². The Hall–Kier alpha value is -3.63. The van der Waals surface area contributed by atoms with Crippen LogP contribution in [0.4, 0.5) is 18.9 Å². The summed E-state index contributed by atoms with van der Waals surface area (Å²) in [5.74, 6) is -1.11. The van der Waals surface area contributed by atoms with Gasteiger partial charge in [0.1, 0.15) is 5.75 Å². The van der Waals surface area contributed by atoms with E-state index in [2.05, 4.69) is 15.4 Å². The fraction of sp³-hybridized carbons (Fsp3) is 0.263. The predicted molar refractivity (Wildman–Crippen MR) is 100 cm³/mol. The summed E-state index contributed by atoms with van der Waals surface area (Å²) in [6, 6.07) is 9.67. The molecular weight excluding hydrogens is 407 g/mol. The van der Waals surface area contributed by atoms with Crippen molar-refractivity contribution < 1.29 is 32.4 Å². The van der Waals surface area contributed by atoms with Crippen molar-refractivity contribution in [3.8, 4) is 5.75 Å². The Kier molecular flexibility index (Phi) is 7.34. The van der Waals surface area contributed by atoms with Gasteiger partial charge in [-0.2, -0.15) is 13.2 Å². The molecule has 0 spiro atoms. The number of ether oxygens (including phenoxy) is 1.